The number of alkyl carbamates (subject to hydrolysis) is 1. The van der Waals surface area contributed by atoms with Gasteiger partial charge in [0.2, 0.25) is 0 Å². The Balaban J connectivity index is 2.73. The topological polar surface area (TPSA) is 75.6 Å². The molecular formula is C17H25NO4. The molecule has 122 valence electrons. The van der Waals surface area contributed by atoms with Gasteiger partial charge in [0.1, 0.15) is 5.60 Å². The summed E-state index contributed by atoms with van der Waals surface area (Å²) in [5.74, 6) is -1.41. The van der Waals surface area contributed by atoms with Crippen LogP contribution in [0.1, 0.15) is 39.7 Å². The molecule has 0 aliphatic carbocycles. The van der Waals surface area contributed by atoms with Crippen LogP contribution in [0.2, 0.25) is 0 Å². The lowest BCUT2D eigenvalue weighted by Crippen LogP contribution is -2.41. The number of amides is 1. The maximum absolute atomic E-state index is 11.9. The Morgan fingerprint density at radius 3 is 2.32 bits per heavy atom. The third-order valence-electron chi connectivity index (χ3n) is 3.11. The Bertz CT molecular complexity index is 493. The molecule has 0 aliphatic rings. The van der Waals surface area contributed by atoms with Gasteiger partial charge in [-0.25, -0.2) is 4.79 Å². The summed E-state index contributed by atoms with van der Waals surface area (Å²) >= 11 is 0. The Morgan fingerprint density at radius 2 is 1.82 bits per heavy atom. The van der Waals surface area contributed by atoms with Crippen molar-refractivity contribution in [2.24, 2.45) is 5.92 Å². The number of aliphatic carboxylic acids is 1. The highest BCUT2D eigenvalue weighted by atomic mass is 16.6. The molecule has 1 rings (SSSR count). The molecule has 1 aromatic rings. The number of carbonyl (C=O) groups excluding carboxylic acids is 1. The Kier molecular flexibility index (Phi) is 6.40. The summed E-state index contributed by atoms with van der Waals surface area (Å²) in [6.45, 7) is 7.01. The molecule has 1 aromatic carbocycles. The van der Waals surface area contributed by atoms with Gasteiger partial charge < -0.3 is 15.2 Å². The largest absolute Gasteiger partial charge is 0.481 e. The van der Waals surface area contributed by atoms with E-state index < -0.39 is 23.6 Å². The van der Waals surface area contributed by atoms with Crippen molar-refractivity contribution in [2.45, 2.75) is 52.2 Å². The minimum atomic E-state index is -0.871. The van der Waals surface area contributed by atoms with E-state index in [1.54, 1.807) is 27.7 Å². The van der Waals surface area contributed by atoms with Crippen molar-refractivity contribution in [3.63, 3.8) is 0 Å². The SMILES string of the molecule is CC(C[C@H](Cc1ccccc1)NC(=O)OC(C)(C)C)C(=O)O. The van der Waals surface area contributed by atoms with E-state index in [9.17, 15) is 9.59 Å². The van der Waals surface area contributed by atoms with E-state index in [2.05, 4.69) is 5.32 Å². The number of benzene rings is 1. The van der Waals surface area contributed by atoms with Crippen molar-refractivity contribution in [3.8, 4) is 0 Å². The third-order valence-corrected chi connectivity index (χ3v) is 3.11. The first-order chi connectivity index (χ1) is 10.2. The van der Waals surface area contributed by atoms with Gasteiger partial charge in [-0.2, -0.15) is 0 Å². The second-order valence-corrected chi connectivity index (χ2v) is 6.51. The highest BCUT2D eigenvalue weighted by Gasteiger charge is 2.23. The van der Waals surface area contributed by atoms with Crippen molar-refractivity contribution in [3.05, 3.63) is 35.9 Å². The number of nitrogens with one attached hydrogen (secondary N) is 1. The quantitative estimate of drug-likeness (QED) is 0.846. The maximum atomic E-state index is 11.9. The summed E-state index contributed by atoms with van der Waals surface area (Å²) in [6.07, 6.45) is 0.396. The number of carboxylic acids is 1. The van der Waals surface area contributed by atoms with E-state index in [0.29, 0.717) is 12.8 Å². The van der Waals surface area contributed by atoms with Gasteiger partial charge in [0.05, 0.1) is 5.92 Å². The predicted molar refractivity (Wildman–Crippen MR) is 84.7 cm³/mol. The van der Waals surface area contributed by atoms with Crippen molar-refractivity contribution in [2.75, 3.05) is 0 Å². The van der Waals surface area contributed by atoms with Crippen molar-refractivity contribution in [1.82, 2.24) is 5.32 Å². The van der Waals surface area contributed by atoms with Gasteiger partial charge in [-0.15, -0.1) is 0 Å². The molecule has 0 radical (unpaired) electrons. The standard InChI is InChI=1S/C17H25NO4/c1-12(15(19)20)10-14(11-13-8-6-5-7-9-13)18-16(21)22-17(2,3)4/h5-9,12,14H,10-11H2,1-4H3,(H,18,21)(H,19,20)/t12?,14-/m1/s1. The fourth-order valence-electron chi connectivity index (χ4n) is 2.09. The Hall–Kier alpha value is -2.04. The number of ether oxygens (including phenoxy) is 1. The molecule has 22 heavy (non-hydrogen) atoms. The molecule has 5 nitrogen and oxygen atoms in total. The molecular weight excluding hydrogens is 282 g/mol. The summed E-state index contributed by atoms with van der Waals surface area (Å²) in [5.41, 5.74) is 0.459. The molecule has 1 unspecified atom stereocenters. The average Bonchev–Trinajstić information content (AvgIpc) is 2.37. The summed E-state index contributed by atoms with van der Waals surface area (Å²) in [4.78, 5) is 23.0. The highest BCUT2D eigenvalue weighted by Crippen LogP contribution is 2.14. The van der Waals surface area contributed by atoms with Crippen LogP contribution in [0.3, 0.4) is 0 Å². The van der Waals surface area contributed by atoms with E-state index in [1.165, 1.54) is 0 Å². The monoisotopic (exact) mass is 307 g/mol. The zero-order valence-corrected chi connectivity index (χ0v) is 13.6. The smallest absolute Gasteiger partial charge is 0.407 e. The number of hydrogen-bond donors (Lipinski definition) is 2. The summed E-state index contributed by atoms with van der Waals surface area (Å²) < 4.78 is 5.25. The fourth-order valence-corrected chi connectivity index (χ4v) is 2.09. The third kappa shape index (κ3) is 7.11. The van der Waals surface area contributed by atoms with E-state index in [-0.39, 0.29) is 6.04 Å². The minimum absolute atomic E-state index is 0.289. The first-order valence-corrected chi connectivity index (χ1v) is 7.43. The van der Waals surface area contributed by atoms with Crippen molar-refractivity contribution >= 4 is 12.1 Å². The van der Waals surface area contributed by atoms with Crippen LogP contribution < -0.4 is 5.32 Å². The number of carbonyl (C=O) groups is 2. The Morgan fingerprint density at radius 1 is 1.23 bits per heavy atom. The molecule has 0 spiro atoms. The molecule has 0 saturated heterocycles. The predicted octanol–water partition coefficient (Wildman–Crippen LogP) is 3.23. The molecule has 1 amide bonds. The second kappa shape index (κ2) is 7.82. The summed E-state index contributed by atoms with van der Waals surface area (Å²) in [7, 11) is 0. The number of carboxylic acid groups (broad SMARTS) is 1. The zero-order valence-electron chi connectivity index (χ0n) is 13.6. The first kappa shape index (κ1) is 18.0. The Labute approximate surface area is 131 Å². The number of rotatable bonds is 6. The molecule has 2 N–H and O–H groups in total. The van der Waals surface area contributed by atoms with Crippen LogP contribution in [-0.4, -0.2) is 28.8 Å². The zero-order chi connectivity index (χ0) is 16.8. The average molecular weight is 307 g/mol. The van der Waals surface area contributed by atoms with Crippen LogP contribution >= 0.6 is 0 Å². The molecule has 0 saturated carbocycles. The molecule has 0 heterocycles. The van der Waals surface area contributed by atoms with Crippen LogP contribution in [0.5, 0.6) is 0 Å². The first-order valence-electron chi connectivity index (χ1n) is 7.43. The van der Waals surface area contributed by atoms with Crippen LogP contribution in [0, 0.1) is 5.92 Å². The lowest BCUT2D eigenvalue weighted by molar-refractivity contribution is -0.141. The molecule has 2 atom stereocenters. The van der Waals surface area contributed by atoms with Crippen LogP contribution in [0.15, 0.2) is 30.3 Å². The van der Waals surface area contributed by atoms with Gasteiger partial charge in [-0.1, -0.05) is 37.3 Å². The van der Waals surface area contributed by atoms with Gasteiger partial charge in [0.25, 0.3) is 0 Å². The van der Waals surface area contributed by atoms with Crippen molar-refractivity contribution in [1.29, 1.82) is 0 Å². The van der Waals surface area contributed by atoms with E-state index in [4.69, 9.17) is 9.84 Å². The molecule has 0 fully saturated rings. The molecule has 0 bridgehead atoms. The van der Waals surface area contributed by atoms with Gasteiger partial charge >= 0.3 is 12.1 Å². The summed E-state index contributed by atoms with van der Waals surface area (Å²) in [5, 5.41) is 11.9. The van der Waals surface area contributed by atoms with Crippen LogP contribution in [0.25, 0.3) is 0 Å². The maximum Gasteiger partial charge on any atom is 0.407 e. The second-order valence-electron chi connectivity index (χ2n) is 6.51. The highest BCUT2D eigenvalue weighted by molar-refractivity contribution is 5.70. The summed E-state index contributed by atoms with van der Waals surface area (Å²) in [6, 6.07) is 9.37. The van der Waals surface area contributed by atoms with Crippen molar-refractivity contribution < 1.29 is 19.4 Å². The van der Waals surface area contributed by atoms with Crippen LogP contribution in [-0.2, 0) is 16.0 Å². The van der Waals surface area contributed by atoms with Gasteiger partial charge in [-0.3, -0.25) is 4.79 Å². The van der Waals surface area contributed by atoms with Crippen LogP contribution in [0.4, 0.5) is 4.79 Å². The lowest BCUT2D eigenvalue weighted by atomic mass is 9.96. The van der Waals surface area contributed by atoms with Gasteiger partial charge in [-0.05, 0) is 39.2 Å². The lowest BCUT2D eigenvalue weighted by Gasteiger charge is -2.24. The van der Waals surface area contributed by atoms with E-state index in [1.807, 2.05) is 30.3 Å². The molecule has 5 heteroatoms. The van der Waals surface area contributed by atoms with E-state index in [0.717, 1.165) is 5.56 Å². The molecule has 0 aliphatic heterocycles. The molecule has 0 aromatic heterocycles. The number of hydrogen-bond acceptors (Lipinski definition) is 3. The van der Waals surface area contributed by atoms with Gasteiger partial charge in [0.15, 0.2) is 0 Å². The van der Waals surface area contributed by atoms with Gasteiger partial charge in [0, 0.05) is 6.04 Å². The normalized spacial score (nSPS) is 14.0. The fraction of sp³-hybridized carbons (Fsp3) is 0.529. The van der Waals surface area contributed by atoms with E-state index >= 15 is 0 Å². The minimum Gasteiger partial charge on any atom is -0.481 e.